The van der Waals surface area contributed by atoms with Crippen molar-refractivity contribution in [3.8, 4) is 5.75 Å². The molecule has 0 aliphatic heterocycles. The summed E-state index contributed by atoms with van der Waals surface area (Å²) in [4.78, 5) is 35.3. The monoisotopic (exact) mass is 327 g/mol. The molecule has 0 aliphatic rings. The van der Waals surface area contributed by atoms with Crippen LogP contribution in [0.4, 0.5) is 5.69 Å². The highest BCUT2D eigenvalue weighted by Crippen LogP contribution is 2.10. The molecule has 0 radical (unpaired) electrons. The molecule has 0 unspecified atom stereocenters. The molecule has 0 fully saturated rings. The minimum absolute atomic E-state index is 0.159. The van der Waals surface area contributed by atoms with E-state index in [9.17, 15) is 14.4 Å². The van der Waals surface area contributed by atoms with Crippen LogP contribution in [0.5, 0.6) is 5.75 Å². The molecule has 7 heteroatoms. The third-order valence-electron chi connectivity index (χ3n) is 3.22. The van der Waals surface area contributed by atoms with Gasteiger partial charge < -0.3 is 15.8 Å². The van der Waals surface area contributed by atoms with Crippen LogP contribution in [0, 0.1) is 0 Å². The summed E-state index contributed by atoms with van der Waals surface area (Å²) >= 11 is 0. The van der Waals surface area contributed by atoms with Gasteiger partial charge >= 0.3 is 11.8 Å². The van der Waals surface area contributed by atoms with Gasteiger partial charge in [-0.1, -0.05) is 12.1 Å². The first-order chi connectivity index (χ1) is 11.5. The van der Waals surface area contributed by atoms with E-state index in [0.29, 0.717) is 11.4 Å². The van der Waals surface area contributed by atoms with Crippen LogP contribution in [-0.2, 0) is 16.1 Å². The lowest BCUT2D eigenvalue weighted by Gasteiger charge is -2.07. The Bertz CT molecular complexity index is 739. The lowest BCUT2D eigenvalue weighted by Crippen LogP contribution is -2.42. The van der Waals surface area contributed by atoms with E-state index in [4.69, 9.17) is 10.5 Å². The standard InChI is InChI=1S/C17H17N3O4/c1-24-14-8-2-11(3-9-14)10-19-16(22)17(23)20-15(21)12-4-6-13(18)7-5-12/h2-9H,10,18H2,1H3,(H,19,22)(H,20,21,23). The van der Waals surface area contributed by atoms with Gasteiger partial charge in [-0.05, 0) is 42.0 Å². The first-order valence-corrected chi connectivity index (χ1v) is 7.11. The zero-order valence-electron chi connectivity index (χ0n) is 13.0. The van der Waals surface area contributed by atoms with Crippen molar-refractivity contribution in [1.29, 1.82) is 0 Å². The number of nitrogen functional groups attached to an aromatic ring is 1. The number of hydrogen-bond acceptors (Lipinski definition) is 5. The highest BCUT2D eigenvalue weighted by Gasteiger charge is 2.17. The summed E-state index contributed by atoms with van der Waals surface area (Å²) in [5, 5.41) is 4.46. The zero-order chi connectivity index (χ0) is 17.5. The summed E-state index contributed by atoms with van der Waals surface area (Å²) < 4.78 is 5.03. The fraction of sp³-hybridized carbons (Fsp3) is 0.118. The van der Waals surface area contributed by atoms with Crippen LogP contribution in [0.2, 0.25) is 0 Å². The van der Waals surface area contributed by atoms with E-state index in [1.807, 2.05) is 5.32 Å². The van der Waals surface area contributed by atoms with Crippen LogP contribution >= 0.6 is 0 Å². The number of nitrogens with one attached hydrogen (secondary N) is 2. The van der Waals surface area contributed by atoms with E-state index in [1.54, 1.807) is 31.4 Å². The fourth-order valence-corrected chi connectivity index (χ4v) is 1.87. The van der Waals surface area contributed by atoms with Crippen molar-refractivity contribution in [3.63, 3.8) is 0 Å². The van der Waals surface area contributed by atoms with Crippen molar-refractivity contribution >= 4 is 23.4 Å². The molecule has 0 saturated heterocycles. The topological polar surface area (TPSA) is 111 Å². The van der Waals surface area contributed by atoms with Crippen LogP contribution in [-0.4, -0.2) is 24.8 Å². The Hall–Kier alpha value is -3.35. The zero-order valence-corrected chi connectivity index (χ0v) is 13.0. The number of rotatable bonds is 4. The van der Waals surface area contributed by atoms with Gasteiger partial charge in [0.2, 0.25) is 0 Å². The van der Waals surface area contributed by atoms with Gasteiger partial charge in [0.25, 0.3) is 5.91 Å². The van der Waals surface area contributed by atoms with Crippen LogP contribution in [0.3, 0.4) is 0 Å². The number of carbonyl (C=O) groups is 3. The van der Waals surface area contributed by atoms with Crippen LogP contribution in [0.15, 0.2) is 48.5 Å². The molecule has 7 nitrogen and oxygen atoms in total. The first-order valence-electron chi connectivity index (χ1n) is 7.11. The summed E-state index contributed by atoms with van der Waals surface area (Å²) in [6.07, 6.45) is 0. The number of imide groups is 1. The largest absolute Gasteiger partial charge is 0.497 e. The van der Waals surface area contributed by atoms with Gasteiger partial charge in [0.15, 0.2) is 0 Å². The highest BCUT2D eigenvalue weighted by atomic mass is 16.5. The molecule has 0 bridgehead atoms. The Morgan fingerprint density at radius 1 is 0.958 bits per heavy atom. The van der Waals surface area contributed by atoms with Gasteiger partial charge in [-0.3, -0.25) is 19.7 Å². The third-order valence-corrected chi connectivity index (χ3v) is 3.22. The lowest BCUT2D eigenvalue weighted by atomic mass is 10.2. The highest BCUT2D eigenvalue weighted by molar-refractivity contribution is 6.38. The number of methoxy groups -OCH3 is 1. The molecule has 2 aromatic carbocycles. The predicted molar refractivity (Wildman–Crippen MR) is 88.2 cm³/mol. The average Bonchev–Trinajstić information content (AvgIpc) is 2.60. The number of hydrogen-bond donors (Lipinski definition) is 3. The molecule has 0 spiro atoms. The van der Waals surface area contributed by atoms with Gasteiger partial charge in [0.1, 0.15) is 5.75 Å². The molecule has 24 heavy (non-hydrogen) atoms. The molecule has 0 heterocycles. The second kappa shape index (κ2) is 7.77. The van der Waals surface area contributed by atoms with Crippen molar-refractivity contribution in [2.75, 3.05) is 12.8 Å². The third kappa shape index (κ3) is 4.57. The number of carbonyl (C=O) groups excluding carboxylic acids is 3. The first kappa shape index (κ1) is 17.0. The van der Waals surface area contributed by atoms with Crippen LogP contribution in [0.1, 0.15) is 15.9 Å². The number of benzene rings is 2. The van der Waals surface area contributed by atoms with Crippen molar-refractivity contribution in [2.45, 2.75) is 6.54 Å². The Kier molecular flexibility index (Phi) is 5.51. The number of amides is 3. The normalized spacial score (nSPS) is 9.88. The minimum atomic E-state index is -1.02. The molecule has 4 N–H and O–H groups in total. The molecule has 0 atom stereocenters. The summed E-state index contributed by atoms with van der Waals surface area (Å²) in [5.74, 6) is -1.89. The number of nitrogens with two attached hydrogens (primary N) is 1. The summed E-state index contributed by atoms with van der Waals surface area (Å²) in [6, 6.07) is 13.0. The van der Waals surface area contributed by atoms with Gasteiger partial charge in [-0.25, -0.2) is 0 Å². The molecule has 3 amide bonds. The molecule has 0 saturated carbocycles. The van der Waals surface area contributed by atoms with Crippen LogP contribution in [0.25, 0.3) is 0 Å². The van der Waals surface area contributed by atoms with E-state index in [2.05, 4.69) is 5.32 Å². The summed E-state index contributed by atoms with van der Waals surface area (Å²) in [5.41, 5.74) is 7.04. The number of anilines is 1. The van der Waals surface area contributed by atoms with Crippen molar-refractivity contribution in [3.05, 3.63) is 59.7 Å². The fourth-order valence-electron chi connectivity index (χ4n) is 1.87. The van der Waals surface area contributed by atoms with E-state index in [-0.39, 0.29) is 12.1 Å². The molecule has 2 aromatic rings. The molecule has 0 aromatic heterocycles. The van der Waals surface area contributed by atoms with E-state index in [1.165, 1.54) is 24.3 Å². The molecular weight excluding hydrogens is 310 g/mol. The molecule has 2 rings (SSSR count). The quantitative estimate of drug-likeness (QED) is 0.569. The smallest absolute Gasteiger partial charge is 0.316 e. The number of ether oxygens (including phenoxy) is 1. The van der Waals surface area contributed by atoms with Crippen molar-refractivity contribution < 1.29 is 19.1 Å². The van der Waals surface area contributed by atoms with Crippen LogP contribution < -0.4 is 21.1 Å². The average molecular weight is 327 g/mol. The van der Waals surface area contributed by atoms with Gasteiger partial charge in [-0.2, -0.15) is 0 Å². The maximum atomic E-state index is 11.8. The summed E-state index contributed by atoms with van der Waals surface area (Å²) in [7, 11) is 1.55. The Balaban J connectivity index is 1.86. The van der Waals surface area contributed by atoms with Gasteiger partial charge in [0, 0.05) is 17.8 Å². The maximum absolute atomic E-state index is 11.8. The maximum Gasteiger partial charge on any atom is 0.316 e. The SMILES string of the molecule is COc1ccc(CNC(=O)C(=O)NC(=O)c2ccc(N)cc2)cc1. The lowest BCUT2D eigenvalue weighted by molar-refractivity contribution is -0.138. The van der Waals surface area contributed by atoms with Crippen molar-refractivity contribution in [2.24, 2.45) is 0 Å². The molecule has 124 valence electrons. The Morgan fingerprint density at radius 3 is 2.17 bits per heavy atom. The van der Waals surface area contributed by atoms with Crippen molar-refractivity contribution in [1.82, 2.24) is 10.6 Å². The van der Waals surface area contributed by atoms with Gasteiger partial charge in [-0.15, -0.1) is 0 Å². The second-order valence-electron chi connectivity index (χ2n) is 4.94. The molecule has 0 aliphatic carbocycles. The van der Waals surface area contributed by atoms with E-state index in [0.717, 1.165) is 5.56 Å². The van der Waals surface area contributed by atoms with E-state index >= 15 is 0 Å². The second-order valence-corrected chi connectivity index (χ2v) is 4.94. The Labute approximate surface area is 138 Å². The van der Waals surface area contributed by atoms with E-state index < -0.39 is 17.7 Å². The molecular formula is C17H17N3O4. The summed E-state index contributed by atoms with van der Waals surface area (Å²) in [6.45, 7) is 0.159. The van der Waals surface area contributed by atoms with Gasteiger partial charge in [0.05, 0.1) is 7.11 Å². The predicted octanol–water partition coefficient (Wildman–Crippen LogP) is 0.850. The Morgan fingerprint density at radius 2 is 1.58 bits per heavy atom. The minimum Gasteiger partial charge on any atom is -0.497 e.